The Kier molecular flexibility index (Phi) is 6.69. The number of aromatic nitrogens is 2. The summed E-state index contributed by atoms with van der Waals surface area (Å²) >= 11 is 0. The van der Waals surface area contributed by atoms with E-state index in [0.717, 1.165) is 16.9 Å². The molecule has 7 nitrogen and oxygen atoms in total. The van der Waals surface area contributed by atoms with E-state index in [4.69, 9.17) is 4.74 Å². The van der Waals surface area contributed by atoms with Crippen LogP contribution < -0.4 is 4.74 Å². The van der Waals surface area contributed by atoms with E-state index in [1.807, 2.05) is 19.1 Å². The van der Waals surface area contributed by atoms with Crippen LogP contribution in [-0.2, 0) is 21.5 Å². The quantitative estimate of drug-likeness (QED) is 0.316. The van der Waals surface area contributed by atoms with Gasteiger partial charge in [-0.15, -0.1) is 0 Å². The second kappa shape index (κ2) is 9.70. The zero-order valence-electron chi connectivity index (χ0n) is 20.4. The highest BCUT2D eigenvalue weighted by molar-refractivity contribution is 6.46. The van der Waals surface area contributed by atoms with Crippen LogP contribution in [0.15, 0.2) is 72.8 Å². The third-order valence-corrected chi connectivity index (χ3v) is 6.00. The van der Waals surface area contributed by atoms with E-state index in [0.29, 0.717) is 17.7 Å². The van der Waals surface area contributed by atoms with Gasteiger partial charge in [0.15, 0.2) is 0 Å². The maximum atomic E-state index is 13.3. The Bertz CT molecular complexity index is 1260. The third kappa shape index (κ3) is 4.80. The maximum Gasteiger partial charge on any atom is 0.295 e. The van der Waals surface area contributed by atoms with Crippen LogP contribution in [0.2, 0.25) is 0 Å². The van der Waals surface area contributed by atoms with E-state index < -0.39 is 17.7 Å². The fourth-order valence-electron chi connectivity index (χ4n) is 4.32. The van der Waals surface area contributed by atoms with Gasteiger partial charge in [0.05, 0.1) is 18.2 Å². The van der Waals surface area contributed by atoms with Gasteiger partial charge in [-0.05, 0) is 59.9 Å². The summed E-state index contributed by atoms with van der Waals surface area (Å²) in [7, 11) is 0. The number of hydrogen-bond acceptors (Lipinski definition) is 6. The van der Waals surface area contributed by atoms with Crippen LogP contribution in [0.1, 0.15) is 56.0 Å². The van der Waals surface area contributed by atoms with Gasteiger partial charge in [-0.3, -0.25) is 19.6 Å². The van der Waals surface area contributed by atoms with E-state index in [-0.39, 0.29) is 23.3 Å². The third-order valence-electron chi connectivity index (χ3n) is 6.00. The van der Waals surface area contributed by atoms with Gasteiger partial charge in [0.1, 0.15) is 11.5 Å². The number of Topliss-reactive ketones (excluding diaryl/α,β-unsaturated/α-hetero) is 1. The van der Waals surface area contributed by atoms with Crippen molar-refractivity contribution in [3.63, 3.8) is 0 Å². The largest absolute Gasteiger partial charge is 0.507 e. The van der Waals surface area contributed by atoms with Crippen molar-refractivity contribution < 1.29 is 19.4 Å². The van der Waals surface area contributed by atoms with E-state index in [2.05, 4.69) is 30.7 Å². The molecule has 1 atom stereocenters. The predicted molar refractivity (Wildman–Crippen MR) is 133 cm³/mol. The Morgan fingerprint density at radius 3 is 2.43 bits per heavy atom. The van der Waals surface area contributed by atoms with Crippen molar-refractivity contribution >= 4 is 17.4 Å². The topological polar surface area (TPSA) is 92.6 Å². The van der Waals surface area contributed by atoms with Crippen molar-refractivity contribution in [2.45, 2.75) is 45.7 Å². The van der Waals surface area contributed by atoms with E-state index in [9.17, 15) is 14.7 Å². The molecule has 1 aliphatic rings. The summed E-state index contributed by atoms with van der Waals surface area (Å²) in [6.45, 7) is 8.77. The summed E-state index contributed by atoms with van der Waals surface area (Å²) in [6, 6.07) is 11.7. The van der Waals surface area contributed by atoms with Crippen LogP contribution in [0.4, 0.5) is 0 Å². The summed E-state index contributed by atoms with van der Waals surface area (Å²) in [5.74, 6) is -0.884. The summed E-state index contributed by atoms with van der Waals surface area (Å²) < 4.78 is 5.80. The van der Waals surface area contributed by atoms with Crippen LogP contribution in [0.3, 0.4) is 0 Å². The molecule has 1 fully saturated rings. The first kappa shape index (κ1) is 24.1. The smallest absolute Gasteiger partial charge is 0.295 e. The molecule has 1 aliphatic heterocycles. The lowest BCUT2D eigenvalue weighted by Gasteiger charge is -2.26. The number of benzene rings is 1. The van der Waals surface area contributed by atoms with Crippen molar-refractivity contribution in [3.8, 4) is 5.75 Å². The number of likely N-dealkylation sites (tertiary alicyclic amines) is 1. The number of rotatable bonds is 6. The molecule has 3 heterocycles. The Morgan fingerprint density at radius 2 is 1.80 bits per heavy atom. The first-order chi connectivity index (χ1) is 16.7. The summed E-state index contributed by atoms with van der Waals surface area (Å²) in [4.78, 5) is 36.1. The molecule has 35 heavy (non-hydrogen) atoms. The van der Waals surface area contributed by atoms with E-state index in [1.165, 1.54) is 4.90 Å². The van der Waals surface area contributed by atoms with E-state index in [1.54, 1.807) is 55.1 Å². The molecule has 0 bridgehead atoms. The predicted octanol–water partition coefficient (Wildman–Crippen LogP) is 4.79. The highest BCUT2D eigenvalue weighted by Gasteiger charge is 2.46. The molecule has 0 aliphatic carbocycles. The molecule has 180 valence electrons. The van der Waals surface area contributed by atoms with Crippen molar-refractivity contribution in [1.29, 1.82) is 0 Å². The molecule has 0 radical (unpaired) electrons. The normalized spacial score (nSPS) is 17.6. The second-order valence-corrected chi connectivity index (χ2v) is 9.46. The average Bonchev–Trinajstić information content (AvgIpc) is 3.09. The molecule has 0 spiro atoms. The lowest BCUT2D eigenvalue weighted by molar-refractivity contribution is -0.140. The lowest BCUT2D eigenvalue weighted by atomic mass is 9.84. The lowest BCUT2D eigenvalue weighted by Crippen LogP contribution is -2.29. The van der Waals surface area contributed by atoms with E-state index >= 15 is 0 Å². The van der Waals surface area contributed by atoms with Crippen molar-refractivity contribution in [2.75, 3.05) is 6.61 Å². The number of ether oxygens (including phenoxy) is 1. The number of carbonyl (C=O) groups excluding carboxylic acids is 2. The first-order valence-corrected chi connectivity index (χ1v) is 11.6. The van der Waals surface area contributed by atoms with Gasteiger partial charge >= 0.3 is 0 Å². The number of carbonyl (C=O) groups is 2. The summed E-state index contributed by atoms with van der Waals surface area (Å²) in [6.07, 6.45) is 6.52. The zero-order chi connectivity index (χ0) is 25.2. The molecule has 4 rings (SSSR count). The van der Waals surface area contributed by atoms with Gasteiger partial charge in [0.25, 0.3) is 11.7 Å². The molecule has 1 saturated heterocycles. The van der Waals surface area contributed by atoms with Crippen LogP contribution in [0, 0.1) is 0 Å². The van der Waals surface area contributed by atoms with Gasteiger partial charge in [-0.1, -0.05) is 26.8 Å². The number of aliphatic hydroxyl groups excluding tert-OH is 1. The van der Waals surface area contributed by atoms with Crippen molar-refractivity contribution in [1.82, 2.24) is 14.9 Å². The molecule has 1 N–H and O–H groups in total. The fraction of sp³-hybridized carbons (Fsp3) is 0.286. The van der Waals surface area contributed by atoms with Crippen molar-refractivity contribution in [2.24, 2.45) is 0 Å². The van der Waals surface area contributed by atoms with Crippen LogP contribution in [0.25, 0.3) is 5.76 Å². The van der Waals surface area contributed by atoms with Gasteiger partial charge in [-0.25, -0.2) is 0 Å². The fourth-order valence-corrected chi connectivity index (χ4v) is 4.32. The standard InChI is InChI=1S/C28H29N3O4/c1-5-35-22-9-8-20(15-21(22)28(2,3)4)25(32)23-24(19-10-13-29-14-11-19)31(27(34)26(23)33)17-18-7-6-12-30-16-18/h6-16,24,32H,5,17H2,1-4H3/b25-23-. The molecule has 1 amide bonds. The van der Waals surface area contributed by atoms with Crippen LogP contribution >= 0.6 is 0 Å². The summed E-state index contributed by atoms with van der Waals surface area (Å²) in [5, 5.41) is 11.4. The minimum absolute atomic E-state index is 0.0501. The van der Waals surface area contributed by atoms with Gasteiger partial charge in [0.2, 0.25) is 0 Å². The van der Waals surface area contributed by atoms with Crippen LogP contribution in [0.5, 0.6) is 5.75 Å². The number of aliphatic hydroxyl groups is 1. The number of amides is 1. The number of nitrogens with zero attached hydrogens (tertiary/aromatic N) is 3. The highest BCUT2D eigenvalue weighted by Crippen LogP contribution is 2.41. The number of ketones is 1. The molecular weight excluding hydrogens is 442 g/mol. The SMILES string of the molecule is CCOc1ccc(/C(O)=C2/C(=O)C(=O)N(Cc3cccnc3)C2c2ccncc2)cc1C(C)(C)C. The average molecular weight is 472 g/mol. The molecule has 7 heteroatoms. The van der Waals surface area contributed by atoms with Crippen LogP contribution in [-0.4, -0.2) is 38.3 Å². The minimum atomic E-state index is -0.761. The highest BCUT2D eigenvalue weighted by atomic mass is 16.5. The Morgan fingerprint density at radius 1 is 1.06 bits per heavy atom. The number of hydrogen-bond donors (Lipinski definition) is 1. The maximum absolute atomic E-state index is 13.3. The molecular formula is C28H29N3O4. The monoisotopic (exact) mass is 471 g/mol. The molecule has 0 saturated carbocycles. The minimum Gasteiger partial charge on any atom is -0.507 e. The summed E-state index contributed by atoms with van der Waals surface area (Å²) in [5.41, 5.74) is 2.60. The van der Waals surface area contributed by atoms with Crippen molar-refractivity contribution in [3.05, 3.63) is 95.1 Å². The molecule has 1 aromatic carbocycles. The van der Waals surface area contributed by atoms with Gasteiger partial charge < -0.3 is 14.7 Å². The molecule has 2 aromatic heterocycles. The Hall–Kier alpha value is -4.00. The zero-order valence-corrected chi connectivity index (χ0v) is 20.4. The molecule has 1 unspecified atom stereocenters. The second-order valence-electron chi connectivity index (χ2n) is 9.46. The first-order valence-electron chi connectivity index (χ1n) is 11.6. The molecule has 3 aromatic rings. The van der Waals surface area contributed by atoms with Gasteiger partial charge in [-0.2, -0.15) is 0 Å². The Balaban J connectivity index is 1.87. The Labute approximate surface area is 205 Å². The number of pyridine rings is 2. The van der Waals surface area contributed by atoms with Gasteiger partial charge in [0, 0.05) is 42.5 Å².